The van der Waals surface area contributed by atoms with Crippen LogP contribution < -0.4 is 5.32 Å². The number of hydrogen-bond acceptors (Lipinski definition) is 4. The van der Waals surface area contributed by atoms with Gasteiger partial charge in [0.2, 0.25) is 5.91 Å². The summed E-state index contributed by atoms with van der Waals surface area (Å²) in [6.07, 6.45) is 5.05. The topological polar surface area (TPSA) is 77.6 Å². The molecule has 0 aromatic carbocycles. The summed E-state index contributed by atoms with van der Waals surface area (Å²) in [4.78, 5) is 13.3. The number of rotatable bonds is 4. The Bertz CT molecular complexity index is 541. The molecule has 0 aliphatic heterocycles. The molecule has 0 aliphatic rings. The first-order valence-electron chi connectivity index (χ1n) is 5.75. The lowest BCUT2D eigenvalue weighted by atomic mass is 10.4. The standard InChI is InChI=1S/C11H16N6O/c1-8(2)17-13-5-10(15-17)14-11(18)7-16-6-9(3)4-12-16/h4-6,8H,7H2,1-3H3,(H,14,15,18). The smallest absolute Gasteiger partial charge is 0.247 e. The minimum atomic E-state index is -0.172. The summed E-state index contributed by atoms with van der Waals surface area (Å²) in [7, 11) is 0. The van der Waals surface area contributed by atoms with Crippen LogP contribution >= 0.6 is 0 Å². The molecule has 0 saturated carbocycles. The summed E-state index contributed by atoms with van der Waals surface area (Å²) in [6.45, 7) is 6.04. The molecule has 2 aromatic heterocycles. The van der Waals surface area contributed by atoms with E-state index in [2.05, 4.69) is 20.6 Å². The lowest BCUT2D eigenvalue weighted by molar-refractivity contribution is -0.116. The second-order valence-electron chi connectivity index (χ2n) is 4.41. The van der Waals surface area contributed by atoms with E-state index in [1.54, 1.807) is 15.7 Å². The van der Waals surface area contributed by atoms with E-state index < -0.39 is 0 Å². The van der Waals surface area contributed by atoms with Crippen molar-refractivity contribution in [2.45, 2.75) is 33.4 Å². The highest BCUT2D eigenvalue weighted by Gasteiger charge is 2.08. The van der Waals surface area contributed by atoms with Crippen molar-refractivity contribution in [3.05, 3.63) is 24.2 Å². The fourth-order valence-corrected chi connectivity index (χ4v) is 1.46. The van der Waals surface area contributed by atoms with Gasteiger partial charge in [-0.15, -0.1) is 5.10 Å². The van der Waals surface area contributed by atoms with Gasteiger partial charge in [0, 0.05) is 6.20 Å². The molecular weight excluding hydrogens is 232 g/mol. The minimum Gasteiger partial charge on any atom is -0.306 e. The highest BCUT2D eigenvalue weighted by atomic mass is 16.2. The minimum absolute atomic E-state index is 0.169. The number of carbonyl (C=O) groups is 1. The second kappa shape index (κ2) is 4.99. The molecule has 0 bridgehead atoms. The molecule has 96 valence electrons. The van der Waals surface area contributed by atoms with E-state index in [9.17, 15) is 4.79 Å². The first-order valence-corrected chi connectivity index (χ1v) is 5.75. The Morgan fingerprint density at radius 1 is 1.39 bits per heavy atom. The Morgan fingerprint density at radius 3 is 2.72 bits per heavy atom. The van der Waals surface area contributed by atoms with Crippen molar-refractivity contribution in [2.24, 2.45) is 0 Å². The molecule has 2 rings (SSSR count). The molecule has 0 radical (unpaired) electrons. The zero-order valence-electron chi connectivity index (χ0n) is 10.7. The number of aromatic nitrogens is 5. The predicted molar refractivity (Wildman–Crippen MR) is 66.0 cm³/mol. The van der Waals surface area contributed by atoms with Crippen LogP contribution in [-0.4, -0.2) is 30.7 Å². The number of nitrogens with zero attached hydrogens (tertiary/aromatic N) is 5. The number of aryl methyl sites for hydroxylation is 1. The molecule has 0 spiro atoms. The summed E-state index contributed by atoms with van der Waals surface area (Å²) >= 11 is 0. The maximum atomic E-state index is 11.7. The van der Waals surface area contributed by atoms with Crippen molar-refractivity contribution in [3.8, 4) is 0 Å². The Kier molecular flexibility index (Phi) is 3.40. The molecule has 18 heavy (non-hydrogen) atoms. The van der Waals surface area contributed by atoms with E-state index in [1.165, 1.54) is 6.20 Å². The second-order valence-corrected chi connectivity index (χ2v) is 4.41. The van der Waals surface area contributed by atoms with Gasteiger partial charge in [0.25, 0.3) is 0 Å². The molecule has 1 N–H and O–H groups in total. The van der Waals surface area contributed by atoms with E-state index in [1.807, 2.05) is 27.0 Å². The molecule has 0 unspecified atom stereocenters. The monoisotopic (exact) mass is 248 g/mol. The summed E-state index contributed by atoms with van der Waals surface area (Å²) in [5.41, 5.74) is 1.02. The van der Waals surface area contributed by atoms with Gasteiger partial charge in [-0.05, 0) is 26.3 Å². The molecule has 1 amide bonds. The van der Waals surface area contributed by atoms with Crippen LogP contribution in [0.3, 0.4) is 0 Å². The van der Waals surface area contributed by atoms with Crippen LogP contribution in [0.5, 0.6) is 0 Å². The van der Waals surface area contributed by atoms with Crippen molar-refractivity contribution in [1.82, 2.24) is 24.8 Å². The molecule has 7 heteroatoms. The van der Waals surface area contributed by atoms with E-state index in [4.69, 9.17) is 0 Å². The summed E-state index contributed by atoms with van der Waals surface area (Å²) in [5.74, 6) is 0.284. The normalized spacial score (nSPS) is 10.9. The van der Waals surface area contributed by atoms with E-state index in [-0.39, 0.29) is 18.5 Å². The van der Waals surface area contributed by atoms with Crippen molar-refractivity contribution in [1.29, 1.82) is 0 Å². The van der Waals surface area contributed by atoms with Gasteiger partial charge in [0.1, 0.15) is 6.54 Å². The van der Waals surface area contributed by atoms with Gasteiger partial charge in [-0.2, -0.15) is 15.0 Å². The van der Waals surface area contributed by atoms with Crippen LogP contribution in [0.25, 0.3) is 0 Å². The van der Waals surface area contributed by atoms with Crippen molar-refractivity contribution in [3.63, 3.8) is 0 Å². The average molecular weight is 248 g/mol. The van der Waals surface area contributed by atoms with Gasteiger partial charge in [-0.1, -0.05) is 0 Å². The quantitative estimate of drug-likeness (QED) is 0.875. The Labute approximate surface area is 105 Å². The van der Waals surface area contributed by atoms with Crippen LogP contribution in [-0.2, 0) is 11.3 Å². The van der Waals surface area contributed by atoms with Crippen LogP contribution in [0.2, 0.25) is 0 Å². The van der Waals surface area contributed by atoms with Crippen molar-refractivity contribution < 1.29 is 4.79 Å². The highest BCUT2D eigenvalue weighted by molar-refractivity contribution is 5.89. The van der Waals surface area contributed by atoms with E-state index in [0.717, 1.165) is 5.56 Å². The van der Waals surface area contributed by atoms with E-state index >= 15 is 0 Å². The first kappa shape index (κ1) is 12.3. The number of nitrogens with one attached hydrogen (secondary N) is 1. The van der Waals surface area contributed by atoms with Crippen molar-refractivity contribution in [2.75, 3.05) is 5.32 Å². The first-order chi connectivity index (χ1) is 8.54. The third-order valence-electron chi connectivity index (χ3n) is 2.31. The lowest BCUT2D eigenvalue weighted by Gasteiger charge is -2.03. The Balaban J connectivity index is 1.94. The highest BCUT2D eigenvalue weighted by Crippen LogP contribution is 2.05. The molecule has 2 aromatic rings. The molecule has 0 aliphatic carbocycles. The van der Waals surface area contributed by atoms with E-state index in [0.29, 0.717) is 5.82 Å². The predicted octanol–water partition coefficient (Wildman–Crippen LogP) is 1.00. The maximum absolute atomic E-state index is 11.7. The van der Waals surface area contributed by atoms with Crippen LogP contribution in [0.4, 0.5) is 5.82 Å². The maximum Gasteiger partial charge on any atom is 0.247 e. The molecule has 0 saturated heterocycles. The Hall–Kier alpha value is -2.18. The Morgan fingerprint density at radius 2 is 2.17 bits per heavy atom. The van der Waals surface area contributed by atoms with Gasteiger partial charge in [0.05, 0.1) is 18.4 Å². The van der Waals surface area contributed by atoms with Crippen LogP contribution in [0.1, 0.15) is 25.5 Å². The van der Waals surface area contributed by atoms with Crippen LogP contribution in [0.15, 0.2) is 18.6 Å². The number of anilines is 1. The van der Waals surface area contributed by atoms with Gasteiger partial charge < -0.3 is 5.32 Å². The average Bonchev–Trinajstić information content (AvgIpc) is 2.88. The van der Waals surface area contributed by atoms with Gasteiger partial charge in [-0.25, -0.2) is 0 Å². The summed E-state index contributed by atoms with van der Waals surface area (Å²) in [6, 6.07) is 0.171. The molecule has 0 fully saturated rings. The summed E-state index contributed by atoms with van der Waals surface area (Å²) < 4.78 is 1.58. The molecule has 2 heterocycles. The fraction of sp³-hybridized carbons (Fsp3) is 0.455. The van der Waals surface area contributed by atoms with Gasteiger partial charge in [-0.3, -0.25) is 9.48 Å². The number of carbonyl (C=O) groups excluding carboxylic acids is 1. The van der Waals surface area contributed by atoms with Crippen LogP contribution in [0, 0.1) is 6.92 Å². The lowest BCUT2D eigenvalue weighted by Crippen LogP contribution is -2.19. The largest absolute Gasteiger partial charge is 0.306 e. The zero-order valence-corrected chi connectivity index (χ0v) is 10.7. The van der Waals surface area contributed by atoms with Gasteiger partial charge in [0.15, 0.2) is 5.82 Å². The zero-order chi connectivity index (χ0) is 13.1. The fourth-order valence-electron chi connectivity index (χ4n) is 1.46. The van der Waals surface area contributed by atoms with Crippen molar-refractivity contribution >= 4 is 11.7 Å². The third kappa shape index (κ3) is 2.93. The number of amides is 1. The molecular formula is C11H16N6O. The number of hydrogen-bond donors (Lipinski definition) is 1. The third-order valence-corrected chi connectivity index (χ3v) is 2.31. The molecule has 7 nitrogen and oxygen atoms in total. The van der Waals surface area contributed by atoms with Gasteiger partial charge >= 0.3 is 0 Å². The summed E-state index contributed by atoms with van der Waals surface area (Å²) in [5, 5.41) is 14.9. The SMILES string of the molecule is Cc1cnn(CC(=O)Nc2cnn(C(C)C)n2)c1. The molecule has 0 atom stereocenters.